The monoisotopic (exact) mass is 766 g/mol. The second-order valence-corrected chi connectivity index (χ2v) is 14.2. The van der Waals surface area contributed by atoms with Crippen molar-refractivity contribution in [3.63, 3.8) is 0 Å². The minimum atomic E-state index is -0.680. The predicted octanol–water partition coefficient (Wildman–Crippen LogP) is 8.67. The Morgan fingerprint density at radius 3 is 2.17 bits per heavy atom. The third-order valence-electron chi connectivity index (χ3n) is 7.73. The van der Waals surface area contributed by atoms with Gasteiger partial charge in [-0.15, -0.1) is 23.1 Å². The molecule has 4 aromatic carbocycles. The molecule has 4 N–H and O–H groups in total. The molecule has 1 atom stereocenters. The molecule has 0 saturated carbocycles. The summed E-state index contributed by atoms with van der Waals surface area (Å²) in [6, 6.07) is 31.2. The molecule has 0 saturated heterocycles. The van der Waals surface area contributed by atoms with Crippen LogP contribution in [0.5, 0.6) is 0 Å². The lowest BCUT2D eigenvalue weighted by molar-refractivity contribution is -0.116. The molecule has 53 heavy (non-hydrogen) atoms. The van der Waals surface area contributed by atoms with E-state index in [0.717, 1.165) is 11.3 Å². The standard InChI is InChI=1S/C40H35ClN4O6S2/c1-4-32(37(48)45-39-33(40(50)51-3)24(2)34(53-39)38(49)42-28-17-9-6-10-18-28)52-30-20-12-19-29(23-30)43-36(47)31(22-25-13-11-16-27(41)21-25)44-35(46)26-14-7-5-8-15-26/h5-23,32H,4H2,1-3H3,(H,42,49)(H,43,47)(H,44,46)(H,45,48)/b31-22-. The highest BCUT2D eigenvalue weighted by Gasteiger charge is 2.28. The first-order valence-corrected chi connectivity index (χ1v) is 18.4. The molecule has 0 bridgehead atoms. The van der Waals surface area contributed by atoms with Crippen LogP contribution in [-0.2, 0) is 14.3 Å². The second kappa shape index (κ2) is 18.2. The minimum absolute atomic E-state index is 0.00513. The summed E-state index contributed by atoms with van der Waals surface area (Å²) in [5.74, 6) is -2.52. The molecule has 0 aliphatic heterocycles. The topological polar surface area (TPSA) is 143 Å². The third-order valence-corrected chi connectivity index (χ3v) is 10.5. The average molecular weight is 767 g/mol. The first-order chi connectivity index (χ1) is 25.6. The molecule has 1 unspecified atom stereocenters. The summed E-state index contributed by atoms with van der Waals surface area (Å²) in [5.41, 5.74) is 2.49. The lowest BCUT2D eigenvalue weighted by Crippen LogP contribution is -2.30. The van der Waals surface area contributed by atoms with E-state index in [-0.39, 0.29) is 27.0 Å². The number of esters is 1. The van der Waals surface area contributed by atoms with E-state index in [0.29, 0.717) is 44.4 Å². The van der Waals surface area contributed by atoms with Crippen LogP contribution in [0.2, 0.25) is 5.02 Å². The van der Waals surface area contributed by atoms with Gasteiger partial charge in [-0.1, -0.05) is 73.1 Å². The summed E-state index contributed by atoms with van der Waals surface area (Å²) < 4.78 is 4.99. The van der Waals surface area contributed by atoms with Crippen LogP contribution in [0.4, 0.5) is 16.4 Å². The number of hydrogen-bond acceptors (Lipinski definition) is 8. The summed E-state index contributed by atoms with van der Waals surface area (Å²) in [6.45, 7) is 3.48. The molecule has 5 aromatic rings. The third kappa shape index (κ3) is 10.2. The molecule has 270 valence electrons. The van der Waals surface area contributed by atoms with Gasteiger partial charge in [0, 0.05) is 26.9 Å². The fraction of sp³-hybridized carbons (Fsp3) is 0.125. The Bertz CT molecular complexity index is 2170. The van der Waals surface area contributed by atoms with Crippen LogP contribution >= 0.6 is 34.7 Å². The van der Waals surface area contributed by atoms with Crippen LogP contribution in [0.25, 0.3) is 6.08 Å². The summed E-state index contributed by atoms with van der Waals surface area (Å²) in [5, 5.41) is 11.3. The molecule has 0 spiro atoms. The van der Waals surface area contributed by atoms with Gasteiger partial charge in [0.15, 0.2) is 0 Å². The van der Waals surface area contributed by atoms with Crippen LogP contribution in [-0.4, -0.2) is 42.0 Å². The number of hydrogen-bond donors (Lipinski definition) is 4. The molecule has 13 heteroatoms. The van der Waals surface area contributed by atoms with Gasteiger partial charge in [0.05, 0.1) is 22.8 Å². The molecular weight excluding hydrogens is 732 g/mol. The van der Waals surface area contributed by atoms with E-state index >= 15 is 0 Å². The number of nitrogens with one attached hydrogen (secondary N) is 4. The number of carbonyl (C=O) groups is 5. The van der Waals surface area contributed by atoms with Gasteiger partial charge in [0.2, 0.25) is 5.91 Å². The molecule has 0 fully saturated rings. The molecule has 4 amide bonds. The van der Waals surface area contributed by atoms with Crippen molar-refractivity contribution in [2.24, 2.45) is 0 Å². The van der Waals surface area contributed by atoms with Gasteiger partial charge in [-0.05, 0) is 85.1 Å². The van der Waals surface area contributed by atoms with Crippen molar-refractivity contribution in [2.75, 3.05) is 23.1 Å². The van der Waals surface area contributed by atoms with Gasteiger partial charge in [-0.3, -0.25) is 19.2 Å². The average Bonchev–Trinajstić information content (AvgIpc) is 3.49. The smallest absolute Gasteiger partial charge is 0.341 e. The molecule has 1 heterocycles. The van der Waals surface area contributed by atoms with E-state index in [4.69, 9.17) is 16.3 Å². The Labute approximate surface area is 320 Å². The van der Waals surface area contributed by atoms with E-state index in [1.807, 2.05) is 13.0 Å². The van der Waals surface area contributed by atoms with E-state index in [1.165, 1.54) is 24.9 Å². The maximum absolute atomic E-state index is 13.7. The number of ether oxygens (including phenoxy) is 1. The first kappa shape index (κ1) is 38.5. The molecule has 5 rings (SSSR count). The summed E-state index contributed by atoms with van der Waals surface area (Å²) in [6.07, 6.45) is 1.95. The zero-order chi connectivity index (χ0) is 37.9. The highest BCUT2D eigenvalue weighted by atomic mass is 35.5. The Morgan fingerprint density at radius 2 is 1.49 bits per heavy atom. The van der Waals surface area contributed by atoms with E-state index in [9.17, 15) is 24.0 Å². The highest BCUT2D eigenvalue weighted by molar-refractivity contribution is 8.00. The van der Waals surface area contributed by atoms with Gasteiger partial charge in [-0.25, -0.2) is 4.79 Å². The van der Waals surface area contributed by atoms with Gasteiger partial charge < -0.3 is 26.0 Å². The van der Waals surface area contributed by atoms with Crippen LogP contribution in [0.1, 0.15) is 54.9 Å². The molecular formula is C40H35ClN4O6S2. The summed E-state index contributed by atoms with van der Waals surface area (Å²) in [7, 11) is 1.23. The normalized spacial score (nSPS) is 11.6. The maximum Gasteiger partial charge on any atom is 0.341 e. The number of carbonyl (C=O) groups excluding carboxylic acids is 5. The SMILES string of the molecule is CCC(Sc1cccc(NC(=O)/C(=C/c2cccc(Cl)c2)NC(=O)c2ccccc2)c1)C(=O)Nc1sc(C(=O)Nc2ccccc2)c(C)c1C(=O)OC. The fourth-order valence-electron chi connectivity index (χ4n) is 5.11. The molecule has 10 nitrogen and oxygen atoms in total. The van der Waals surface area contributed by atoms with E-state index in [1.54, 1.807) is 110 Å². The number of rotatable bonds is 13. The van der Waals surface area contributed by atoms with Crippen molar-refractivity contribution >= 4 is 86.7 Å². The van der Waals surface area contributed by atoms with Crippen molar-refractivity contribution in [3.8, 4) is 0 Å². The summed E-state index contributed by atoms with van der Waals surface area (Å²) >= 11 is 8.42. The van der Waals surface area contributed by atoms with Crippen LogP contribution in [0.3, 0.4) is 0 Å². The minimum Gasteiger partial charge on any atom is -0.465 e. The Kier molecular flexibility index (Phi) is 13.2. The number of benzene rings is 4. The maximum atomic E-state index is 13.7. The number of thioether (sulfide) groups is 1. The number of halogens is 1. The largest absolute Gasteiger partial charge is 0.465 e. The van der Waals surface area contributed by atoms with Crippen molar-refractivity contribution < 1.29 is 28.7 Å². The lowest BCUT2D eigenvalue weighted by atomic mass is 10.1. The zero-order valence-electron chi connectivity index (χ0n) is 28.9. The summed E-state index contributed by atoms with van der Waals surface area (Å²) in [4.78, 5) is 67.2. The van der Waals surface area contributed by atoms with E-state index < -0.39 is 28.9 Å². The van der Waals surface area contributed by atoms with Crippen molar-refractivity contribution in [2.45, 2.75) is 30.4 Å². The highest BCUT2D eigenvalue weighted by Crippen LogP contribution is 2.36. The quantitative estimate of drug-likeness (QED) is 0.0534. The van der Waals surface area contributed by atoms with Crippen LogP contribution in [0, 0.1) is 6.92 Å². The Morgan fingerprint density at radius 1 is 0.811 bits per heavy atom. The van der Waals surface area contributed by atoms with Crippen molar-refractivity contribution in [1.82, 2.24) is 5.32 Å². The van der Waals surface area contributed by atoms with Crippen LogP contribution in [0.15, 0.2) is 120 Å². The molecule has 0 aliphatic rings. The van der Waals surface area contributed by atoms with E-state index in [2.05, 4.69) is 21.3 Å². The fourth-order valence-corrected chi connectivity index (χ4v) is 7.41. The van der Waals surface area contributed by atoms with Crippen LogP contribution < -0.4 is 21.3 Å². The van der Waals surface area contributed by atoms with Gasteiger partial charge in [0.25, 0.3) is 17.7 Å². The second-order valence-electron chi connectivity index (χ2n) is 11.5. The predicted molar refractivity (Wildman–Crippen MR) is 212 cm³/mol. The van der Waals surface area contributed by atoms with Gasteiger partial charge >= 0.3 is 5.97 Å². The van der Waals surface area contributed by atoms with Crippen molar-refractivity contribution in [3.05, 3.63) is 147 Å². The first-order valence-electron chi connectivity index (χ1n) is 16.4. The number of thiophene rings is 1. The molecule has 0 aliphatic carbocycles. The molecule has 1 aromatic heterocycles. The van der Waals surface area contributed by atoms with Crippen molar-refractivity contribution in [1.29, 1.82) is 0 Å². The molecule has 0 radical (unpaired) electrons. The Hall–Kier alpha value is -5.69. The Balaban J connectivity index is 1.32. The van der Waals surface area contributed by atoms with Gasteiger partial charge in [0.1, 0.15) is 10.7 Å². The number of amides is 4. The number of anilines is 3. The zero-order valence-corrected chi connectivity index (χ0v) is 31.3. The lowest BCUT2D eigenvalue weighted by Gasteiger charge is -2.16. The number of methoxy groups -OCH3 is 1. The van der Waals surface area contributed by atoms with Gasteiger partial charge in [-0.2, -0.15) is 0 Å². The number of para-hydroxylation sites is 1.